The number of hydrogen-bond acceptors (Lipinski definition) is 6. The van der Waals surface area contributed by atoms with Crippen molar-refractivity contribution in [2.45, 2.75) is 49.5 Å². The van der Waals surface area contributed by atoms with Crippen LogP contribution >= 0.6 is 0 Å². The van der Waals surface area contributed by atoms with Gasteiger partial charge in [0.15, 0.2) is 16.5 Å². The monoisotopic (exact) mass is 315 g/mol. The third-order valence-electron chi connectivity index (χ3n) is 4.52. The topological polar surface area (TPSA) is 107 Å². The third kappa shape index (κ3) is 2.79. The van der Waals surface area contributed by atoms with Gasteiger partial charge in [-0.2, -0.15) is 0 Å². The normalized spacial score (nSPS) is 24.9. The molecule has 2 fully saturated rings. The van der Waals surface area contributed by atoms with E-state index in [0.717, 1.165) is 25.7 Å². The molecule has 118 valence electrons. The summed E-state index contributed by atoms with van der Waals surface area (Å²) in [6.45, 7) is 2.65. The van der Waals surface area contributed by atoms with Crippen LogP contribution in [0.3, 0.4) is 0 Å². The molecule has 21 heavy (non-hydrogen) atoms. The van der Waals surface area contributed by atoms with E-state index >= 15 is 0 Å². The molecular weight excluding hydrogens is 294 g/mol. The highest BCUT2D eigenvalue weighted by atomic mass is 32.2. The van der Waals surface area contributed by atoms with Gasteiger partial charge in [-0.15, -0.1) is 0 Å². The molecule has 3 N–H and O–H groups in total. The zero-order valence-electron chi connectivity index (χ0n) is 12.1. The second-order valence-corrected chi connectivity index (χ2v) is 7.75. The van der Waals surface area contributed by atoms with Crippen molar-refractivity contribution in [3.05, 3.63) is 5.76 Å². The van der Waals surface area contributed by atoms with Gasteiger partial charge in [0.2, 0.25) is 10.0 Å². The van der Waals surface area contributed by atoms with Crippen LogP contribution in [0.25, 0.3) is 0 Å². The lowest BCUT2D eigenvalue weighted by molar-refractivity contribution is -0.142. The average Bonchev–Trinajstić information content (AvgIpc) is 2.75. The van der Waals surface area contributed by atoms with Crippen LogP contribution in [0.2, 0.25) is 0 Å². The lowest BCUT2D eigenvalue weighted by Crippen LogP contribution is -2.47. The van der Waals surface area contributed by atoms with Gasteiger partial charge in [0.1, 0.15) is 0 Å². The van der Waals surface area contributed by atoms with E-state index in [4.69, 9.17) is 15.0 Å². The standard InChI is InChI=1S/C13H21N3O4S/c1-9-11(12(14)16-20-9)21(17,18)15-8-10-3-6-19-13(7-10)4-2-5-13/h10,15H,2-8H2,1H3,(H2,14,16). The van der Waals surface area contributed by atoms with Gasteiger partial charge in [-0.3, -0.25) is 0 Å². The van der Waals surface area contributed by atoms with Gasteiger partial charge < -0.3 is 15.0 Å². The molecule has 1 aliphatic heterocycles. The Labute approximate surface area is 124 Å². The molecule has 1 aliphatic carbocycles. The molecule has 1 aromatic heterocycles. The molecular formula is C13H21N3O4S. The molecule has 2 aliphatic rings. The second-order valence-electron chi connectivity index (χ2n) is 6.05. The molecule has 1 spiro atoms. The van der Waals surface area contributed by atoms with E-state index in [1.165, 1.54) is 13.3 Å². The largest absolute Gasteiger partial charge is 0.380 e. The van der Waals surface area contributed by atoms with Crippen LogP contribution in [0.1, 0.15) is 37.9 Å². The minimum atomic E-state index is -3.68. The van der Waals surface area contributed by atoms with Crippen molar-refractivity contribution < 1.29 is 17.7 Å². The van der Waals surface area contributed by atoms with Crippen LogP contribution in [-0.4, -0.2) is 32.3 Å². The lowest BCUT2D eigenvalue weighted by atomic mass is 9.72. The average molecular weight is 315 g/mol. The summed E-state index contributed by atoms with van der Waals surface area (Å²) < 4.78 is 37.9. The molecule has 0 bridgehead atoms. The fraction of sp³-hybridized carbons (Fsp3) is 0.769. The number of anilines is 1. The Kier molecular flexibility index (Phi) is 3.71. The molecule has 1 saturated heterocycles. The minimum Gasteiger partial charge on any atom is -0.380 e. The number of aromatic nitrogens is 1. The molecule has 0 amide bonds. The van der Waals surface area contributed by atoms with Crippen molar-refractivity contribution in [1.29, 1.82) is 0 Å². The summed E-state index contributed by atoms with van der Waals surface area (Å²) in [6.07, 6.45) is 5.19. The molecule has 1 saturated carbocycles. The minimum absolute atomic E-state index is 0.0144. The van der Waals surface area contributed by atoms with Crippen LogP contribution < -0.4 is 10.5 Å². The Morgan fingerprint density at radius 2 is 2.24 bits per heavy atom. The molecule has 3 rings (SSSR count). The van der Waals surface area contributed by atoms with Crippen molar-refractivity contribution in [3.8, 4) is 0 Å². The maximum Gasteiger partial charge on any atom is 0.247 e. The van der Waals surface area contributed by atoms with E-state index < -0.39 is 10.0 Å². The Bertz CT molecular complexity index is 602. The van der Waals surface area contributed by atoms with E-state index in [1.54, 1.807) is 0 Å². The first-order valence-electron chi connectivity index (χ1n) is 7.27. The number of nitrogens with two attached hydrogens (primary N) is 1. The van der Waals surface area contributed by atoms with Crippen molar-refractivity contribution in [2.24, 2.45) is 5.92 Å². The van der Waals surface area contributed by atoms with Gasteiger partial charge in [-0.1, -0.05) is 5.16 Å². The number of sulfonamides is 1. The highest BCUT2D eigenvalue weighted by Gasteiger charge is 2.42. The van der Waals surface area contributed by atoms with Gasteiger partial charge in [0, 0.05) is 13.2 Å². The number of nitrogens with zero attached hydrogens (tertiary/aromatic N) is 1. The lowest BCUT2D eigenvalue weighted by Gasteiger charge is -2.47. The quantitative estimate of drug-likeness (QED) is 0.864. The molecule has 1 atom stereocenters. The smallest absolute Gasteiger partial charge is 0.247 e. The van der Waals surface area contributed by atoms with Crippen molar-refractivity contribution >= 4 is 15.8 Å². The first-order valence-corrected chi connectivity index (χ1v) is 8.76. The van der Waals surface area contributed by atoms with E-state index in [2.05, 4.69) is 9.88 Å². The van der Waals surface area contributed by atoms with Gasteiger partial charge in [0.25, 0.3) is 0 Å². The number of nitrogen functional groups attached to an aromatic ring is 1. The van der Waals surface area contributed by atoms with Crippen LogP contribution in [0.4, 0.5) is 5.82 Å². The number of hydrogen-bond donors (Lipinski definition) is 2. The Hall–Kier alpha value is -1.12. The van der Waals surface area contributed by atoms with Crippen LogP contribution in [0.15, 0.2) is 9.42 Å². The maximum atomic E-state index is 12.3. The molecule has 0 aromatic carbocycles. The van der Waals surface area contributed by atoms with Gasteiger partial charge in [0.05, 0.1) is 5.60 Å². The van der Waals surface area contributed by atoms with Crippen LogP contribution in [0, 0.1) is 12.8 Å². The fourth-order valence-electron chi connectivity index (χ4n) is 3.23. The Morgan fingerprint density at radius 1 is 1.48 bits per heavy atom. The summed E-state index contributed by atoms with van der Waals surface area (Å²) in [4.78, 5) is -0.0482. The fourth-order valence-corrected chi connectivity index (χ4v) is 4.56. The molecule has 1 aromatic rings. The molecule has 8 heteroatoms. The van der Waals surface area contributed by atoms with E-state index in [1.807, 2.05) is 0 Å². The summed E-state index contributed by atoms with van der Waals surface area (Å²) in [6, 6.07) is 0. The van der Waals surface area contributed by atoms with Gasteiger partial charge >= 0.3 is 0 Å². The van der Waals surface area contributed by atoms with E-state index in [9.17, 15) is 8.42 Å². The van der Waals surface area contributed by atoms with Crippen LogP contribution in [-0.2, 0) is 14.8 Å². The van der Waals surface area contributed by atoms with E-state index in [-0.39, 0.29) is 22.1 Å². The Morgan fingerprint density at radius 3 is 2.81 bits per heavy atom. The molecule has 2 heterocycles. The summed E-state index contributed by atoms with van der Waals surface area (Å²) in [5, 5.41) is 3.49. The predicted molar refractivity (Wildman–Crippen MR) is 76.1 cm³/mol. The van der Waals surface area contributed by atoms with Gasteiger partial charge in [-0.05, 0) is 44.9 Å². The van der Waals surface area contributed by atoms with Crippen molar-refractivity contribution in [2.75, 3.05) is 18.9 Å². The van der Waals surface area contributed by atoms with Crippen molar-refractivity contribution in [3.63, 3.8) is 0 Å². The summed E-state index contributed by atoms with van der Waals surface area (Å²) >= 11 is 0. The van der Waals surface area contributed by atoms with Crippen LogP contribution in [0.5, 0.6) is 0 Å². The number of aryl methyl sites for hydroxylation is 1. The number of rotatable bonds is 4. The third-order valence-corrected chi connectivity index (χ3v) is 6.10. The molecule has 7 nitrogen and oxygen atoms in total. The maximum absolute atomic E-state index is 12.3. The number of nitrogens with one attached hydrogen (secondary N) is 1. The SMILES string of the molecule is Cc1onc(N)c1S(=O)(=O)NCC1CCOC2(CCC2)C1. The first-order chi connectivity index (χ1) is 9.92. The van der Waals surface area contributed by atoms with Gasteiger partial charge in [-0.25, -0.2) is 13.1 Å². The summed E-state index contributed by atoms with van der Waals surface area (Å²) in [7, 11) is -3.68. The highest BCUT2D eigenvalue weighted by molar-refractivity contribution is 7.89. The predicted octanol–water partition coefficient (Wildman–Crippen LogP) is 1.19. The first kappa shape index (κ1) is 14.8. The van der Waals surface area contributed by atoms with E-state index in [0.29, 0.717) is 19.1 Å². The molecule has 0 radical (unpaired) electrons. The van der Waals surface area contributed by atoms with Crippen molar-refractivity contribution in [1.82, 2.24) is 9.88 Å². The summed E-state index contributed by atoms with van der Waals surface area (Å²) in [5.41, 5.74) is 5.58. The number of ether oxygens (including phenoxy) is 1. The zero-order valence-corrected chi connectivity index (χ0v) is 12.9. The molecule has 1 unspecified atom stereocenters. The highest BCUT2D eigenvalue weighted by Crippen LogP contribution is 2.44. The second kappa shape index (κ2) is 5.26. The zero-order chi connectivity index (χ0) is 15.1. The Balaban J connectivity index is 1.64. The summed E-state index contributed by atoms with van der Waals surface area (Å²) in [5.74, 6) is 0.417.